The molecular formula is C10H19NO6S. The number of ether oxygens (including phenoxy) is 2. The highest BCUT2D eigenvalue weighted by atomic mass is 32.1. The monoisotopic (exact) mass is 281 g/mol. The van der Waals surface area contributed by atoms with Crippen LogP contribution in [0.2, 0.25) is 0 Å². The lowest BCUT2D eigenvalue weighted by Crippen LogP contribution is -2.59. The van der Waals surface area contributed by atoms with Crippen LogP contribution in [0.1, 0.15) is 13.3 Å². The van der Waals surface area contributed by atoms with E-state index in [0.717, 1.165) is 6.42 Å². The summed E-state index contributed by atoms with van der Waals surface area (Å²) in [6.07, 6.45) is -6.35. The van der Waals surface area contributed by atoms with Crippen LogP contribution in [0.15, 0.2) is 0 Å². The number of nitrogens with one attached hydrogen (secondary N) is 1. The Morgan fingerprint density at radius 3 is 2.56 bits per heavy atom. The van der Waals surface area contributed by atoms with Crippen molar-refractivity contribution in [3.8, 4) is 0 Å². The first-order valence-corrected chi connectivity index (χ1v) is 6.39. The molecule has 0 saturated carbocycles. The highest BCUT2D eigenvalue weighted by Crippen LogP contribution is 2.22. The molecule has 0 radical (unpaired) electrons. The highest BCUT2D eigenvalue weighted by Gasteiger charge is 2.44. The predicted octanol–water partition coefficient (Wildman–Crippen LogP) is -1.14. The second-order valence-corrected chi connectivity index (χ2v) is 4.39. The van der Waals surface area contributed by atoms with Crippen LogP contribution in [0, 0.1) is 0 Å². The van der Waals surface area contributed by atoms with Crippen molar-refractivity contribution in [3.63, 3.8) is 0 Å². The van der Waals surface area contributed by atoms with Gasteiger partial charge in [0.05, 0.1) is 6.10 Å². The third kappa shape index (κ3) is 3.72. The second-order valence-electron chi connectivity index (χ2n) is 4.03. The Morgan fingerprint density at radius 2 is 2.00 bits per heavy atom. The summed E-state index contributed by atoms with van der Waals surface area (Å²) >= 11 is 3.95. The molecule has 106 valence electrons. The van der Waals surface area contributed by atoms with Crippen molar-refractivity contribution in [2.24, 2.45) is 0 Å². The van der Waals surface area contributed by atoms with Gasteiger partial charge in [0.25, 0.3) is 0 Å². The molecule has 0 spiro atoms. The first kappa shape index (κ1) is 15.5. The minimum absolute atomic E-state index is 0.126. The molecule has 1 fully saturated rings. The van der Waals surface area contributed by atoms with E-state index in [4.69, 9.17) is 9.47 Å². The molecule has 1 amide bonds. The van der Waals surface area contributed by atoms with Crippen molar-refractivity contribution in [2.75, 3.05) is 12.3 Å². The van der Waals surface area contributed by atoms with Crippen LogP contribution >= 0.6 is 12.6 Å². The fourth-order valence-electron chi connectivity index (χ4n) is 1.54. The van der Waals surface area contributed by atoms with Crippen molar-refractivity contribution >= 4 is 18.7 Å². The Hall–Kier alpha value is -0.540. The number of amides is 1. The molecule has 7 nitrogen and oxygen atoms in total. The number of hydrogen-bond acceptors (Lipinski definition) is 7. The summed E-state index contributed by atoms with van der Waals surface area (Å²) < 4.78 is 9.99. The van der Waals surface area contributed by atoms with Crippen molar-refractivity contribution < 1.29 is 29.6 Å². The lowest BCUT2D eigenvalue weighted by Gasteiger charge is -2.39. The van der Waals surface area contributed by atoms with Gasteiger partial charge in [-0.1, -0.05) is 6.92 Å². The fraction of sp³-hybridized carbons (Fsp3) is 0.900. The Labute approximate surface area is 110 Å². The summed E-state index contributed by atoms with van der Waals surface area (Å²) in [5.41, 5.74) is 0. The number of thiol groups is 1. The molecule has 18 heavy (non-hydrogen) atoms. The smallest absolute Gasteiger partial charge is 0.409 e. The van der Waals surface area contributed by atoms with Gasteiger partial charge in [-0.15, -0.1) is 0 Å². The topological polar surface area (TPSA) is 108 Å². The molecule has 1 rings (SSSR count). The van der Waals surface area contributed by atoms with E-state index in [1.165, 1.54) is 0 Å². The first-order valence-electron chi connectivity index (χ1n) is 5.76. The molecule has 1 aliphatic rings. The number of alkyl carbamates (subject to hydrolysis) is 1. The van der Waals surface area contributed by atoms with Gasteiger partial charge in [0.1, 0.15) is 18.3 Å². The second kappa shape index (κ2) is 7.15. The molecule has 0 aliphatic carbocycles. The number of aliphatic hydroxyl groups excluding tert-OH is 3. The molecule has 0 bridgehead atoms. The van der Waals surface area contributed by atoms with E-state index < -0.39 is 36.8 Å². The maximum atomic E-state index is 11.3. The summed E-state index contributed by atoms with van der Waals surface area (Å²) in [5, 5.41) is 31.2. The zero-order chi connectivity index (χ0) is 13.7. The van der Waals surface area contributed by atoms with Gasteiger partial charge in [0.2, 0.25) is 6.29 Å². The van der Waals surface area contributed by atoms with E-state index in [2.05, 4.69) is 17.9 Å². The number of aliphatic hydroxyl groups is 3. The van der Waals surface area contributed by atoms with Crippen molar-refractivity contribution in [3.05, 3.63) is 0 Å². The van der Waals surface area contributed by atoms with Gasteiger partial charge < -0.3 is 30.1 Å². The first-order chi connectivity index (χ1) is 8.51. The Bertz CT molecular complexity index is 277. The summed E-state index contributed by atoms with van der Waals surface area (Å²) in [5.74, 6) is 0.126. The summed E-state index contributed by atoms with van der Waals surface area (Å²) in [7, 11) is 0. The lowest BCUT2D eigenvalue weighted by molar-refractivity contribution is -0.274. The zero-order valence-corrected chi connectivity index (χ0v) is 10.9. The number of rotatable bonds is 4. The molecule has 1 saturated heterocycles. The number of hydrogen-bond donors (Lipinski definition) is 5. The molecule has 8 heteroatoms. The average Bonchev–Trinajstić information content (AvgIpc) is 2.37. The van der Waals surface area contributed by atoms with Gasteiger partial charge in [-0.25, -0.2) is 4.79 Å². The highest BCUT2D eigenvalue weighted by molar-refractivity contribution is 7.80. The van der Waals surface area contributed by atoms with E-state index in [0.29, 0.717) is 6.54 Å². The summed E-state index contributed by atoms with van der Waals surface area (Å²) in [6.45, 7) is 2.31. The minimum atomic E-state index is -1.50. The maximum Gasteiger partial charge on any atom is 0.409 e. The average molecular weight is 281 g/mol. The van der Waals surface area contributed by atoms with Crippen LogP contribution in [0.3, 0.4) is 0 Å². The minimum Gasteiger partial charge on any atom is -0.417 e. The maximum absolute atomic E-state index is 11.3. The Morgan fingerprint density at radius 1 is 1.33 bits per heavy atom. The van der Waals surface area contributed by atoms with Crippen LogP contribution in [0.5, 0.6) is 0 Å². The number of carbonyl (C=O) groups is 1. The van der Waals surface area contributed by atoms with E-state index >= 15 is 0 Å². The third-order valence-electron chi connectivity index (χ3n) is 2.59. The lowest BCUT2D eigenvalue weighted by atomic mass is 10.00. The van der Waals surface area contributed by atoms with Gasteiger partial charge in [-0.3, -0.25) is 0 Å². The van der Waals surface area contributed by atoms with Crippen molar-refractivity contribution in [2.45, 2.75) is 44.1 Å². The van der Waals surface area contributed by atoms with Crippen LogP contribution < -0.4 is 5.32 Å². The van der Waals surface area contributed by atoms with E-state index in [1.807, 2.05) is 6.92 Å². The van der Waals surface area contributed by atoms with Gasteiger partial charge in [-0.05, 0) is 6.42 Å². The van der Waals surface area contributed by atoms with Crippen LogP contribution in [-0.4, -0.2) is 64.4 Å². The van der Waals surface area contributed by atoms with E-state index in [9.17, 15) is 20.1 Å². The predicted molar refractivity (Wildman–Crippen MR) is 65.3 cm³/mol. The molecule has 0 unspecified atom stereocenters. The Kier molecular flexibility index (Phi) is 6.16. The molecule has 1 heterocycles. The largest absolute Gasteiger partial charge is 0.417 e. The van der Waals surface area contributed by atoms with Crippen LogP contribution in [0.25, 0.3) is 0 Å². The van der Waals surface area contributed by atoms with Gasteiger partial charge in [-0.2, -0.15) is 12.6 Å². The molecule has 5 atom stereocenters. The van der Waals surface area contributed by atoms with Gasteiger partial charge in [0.15, 0.2) is 0 Å². The third-order valence-corrected chi connectivity index (χ3v) is 2.95. The van der Waals surface area contributed by atoms with Crippen LogP contribution in [-0.2, 0) is 9.47 Å². The molecule has 1 aliphatic heterocycles. The van der Waals surface area contributed by atoms with Crippen LogP contribution in [0.4, 0.5) is 4.79 Å². The van der Waals surface area contributed by atoms with Crippen molar-refractivity contribution in [1.29, 1.82) is 0 Å². The van der Waals surface area contributed by atoms with Gasteiger partial charge >= 0.3 is 6.09 Å². The number of carbonyl (C=O) groups excluding carboxylic acids is 1. The zero-order valence-electron chi connectivity index (χ0n) is 10.0. The van der Waals surface area contributed by atoms with E-state index in [1.54, 1.807) is 0 Å². The molecular weight excluding hydrogens is 262 g/mol. The standard InChI is InChI=1S/C10H19NO6S/c1-2-3-11-10(15)17-9-8(14)7(13)6(12)5(4-18)16-9/h5-9,12-14,18H,2-4H2,1H3,(H,11,15)/t5-,6-,7+,8-,9+/m1/s1. The van der Waals surface area contributed by atoms with Crippen molar-refractivity contribution in [1.82, 2.24) is 5.32 Å². The molecule has 0 aromatic rings. The quantitative estimate of drug-likeness (QED) is 0.417. The summed E-state index contributed by atoms with van der Waals surface area (Å²) in [4.78, 5) is 11.3. The van der Waals surface area contributed by atoms with E-state index in [-0.39, 0.29) is 5.75 Å². The molecule has 0 aromatic heterocycles. The fourth-order valence-corrected chi connectivity index (χ4v) is 1.84. The normalized spacial score (nSPS) is 36.2. The molecule has 0 aromatic carbocycles. The molecule has 4 N–H and O–H groups in total. The SMILES string of the molecule is CCCNC(=O)O[C@@H]1O[C@H](CS)[C@@H](O)[C@H](O)[C@H]1O. The van der Waals surface area contributed by atoms with Gasteiger partial charge in [0, 0.05) is 12.3 Å². The Balaban J connectivity index is 2.56. The summed E-state index contributed by atoms with van der Waals surface area (Å²) in [6, 6.07) is 0.